The van der Waals surface area contributed by atoms with Gasteiger partial charge in [0.25, 0.3) is 0 Å². The fourth-order valence-electron chi connectivity index (χ4n) is 9.06. The average molecular weight is 757 g/mol. The lowest BCUT2D eigenvalue weighted by Crippen LogP contribution is -2.27. The van der Waals surface area contributed by atoms with E-state index in [9.17, 15) is 0 Å². The standard InChI is InChI=1S/C55H40N4/c1-57-37-44(36-56-55(57)40-18-3-2-4-19-40)58(51-30-14-20-38-16-5-7-26-47(38)51)43-23-13-22-41(34-43)45-24-9-10-25-46(45)42-32-33-50-49-28-11-12-29-53(49)59(54(50)35-42)52-31-15-21-39-17-6-8-27-48(39)52/h2-37,55H,1H3. The fourth-order valence-corrected chi connectivity index (χ4v) is 9.06. The molecule has 4 heteroatoms. The molecule has 0 saturated heterocycles. The Labute approximate surface area is 343 Å². The predicted octanol–water partition coefficient (Wildman–Crippen LogP) is 14.1. The molecule has 11 rings (SSSR count). The second-order valence-corrected chi connectivity index (χ2v) is 15.3. The summed E-state index contributed by atoms with van der Waals surface area (Å²) in [5.74, 6) is 0. The molecule has 9 aromatic carbocycles. The zero-order valence-corrected chi connectivity index (χ0v) is 32.7. The van der Waals surface area contributed by atoms with E-state index in [0.29, 0.717) is 0 Å². The van der Waals surface area contributed by atoms with Gasteiger partial charge in [-0.3, -0.25) is 4.99 Å². The maximum atomic E-state index is 5.12. The summed E-state index contributed by atoms with van der Waals surface area (Å²) in [6.45, 7) is 0. The smallest absolute Gasteiger partial charge is 0.146 e. The lowest BCUT2D eigenvalue weighted by molar-refractivity contribution is 0.342. The van der Waals surface area contributed by atoms with E-state index in [4.69, 9.17) is 4.99 Å². The molecule has 0 saturated carbocycles. The second kappa shape index (κ2) is 14.4. The summed E-state index contributed by atoms with van der Waals surface area (Å²) in [5, 5.41) is 7.32. The molecule has 0 N–H and O–H groups in total. The topological polar surface area (TPSA) is 23.8 Å². The Morgan fingerprint density at radius 3 is 1.88 bits per heavy atom. The van der Waals surface area contributed by atoms with Gasteiger partial charge >= 0.3 is 0 Å². The number of fused-ring (bicyclic) bond motifs is 5. The lowest BCUT2D eigenvalue weighted by atomic mass is 9.93. The summed E-state index contributed by atoms with van der Waals surface area (Å²) in [4.78, 5) is 9.68. The molecule has 59 heavy (non-hydrogen) atoms. The van der Waals surface area contributed by atoms with Crippen molar-refractivity contribution in [1.29, 1.82) is 0 Å². The summed E-state index contributed by atoms with van der Waals surface area (Å²) < 4.78 is 2.45. The molecule has 0 bridgehead atoms. The first-order valence-corrected chi connectivity index (χ1v) is 20.2. The number of hydrogen-bond acceptors (Lipinski definition) is 3. The van der Waals surface area contributed by atoms with E-state index in [0.717, 1.165) is 28.2 Å². The summed E-state index contributed by atoms with van der Waals surface area (Å²) >= 11 is 0. The van der Waals surface area contributed by atoms with E-state index in [2.05, 4.69) is 234 Å². The van der Waals surface area contributed by atoms with E-state index < -0.39 is 0 Å². The molecular weight excluding hydrogens is 717 g/mol. The Morgan fingerprint density at radius 2 is 1.08 bits per heavy atom. The number of benzene rings is 9. The summed E-state index contributed by atoms with van der Waals surface area (Å²) in [5.41, 5.74) is 12.6. The third kappa shape index (κ3) is 5.96. The van der Waals surface area contributed by atoms with Crippen molar-refractivity contribution in [3.8, 4) is 27.9 Å². The first-order valence-electron chi connectivity index (χ1n) is 20.2. The number of aliphatic imine (C=N–C) groups is 1. The van der Waals surface area contributed by atoms with Crippen LogP contribution in [-0.4, -0.2) is 22.7 Å². The number of hydrogen-bond donors (Lipinski definition) is 0. The third-order valence-corrected chi connectivity index (χ3v) is 11.8. The summed E-state index contributed by atoms with van der Waals surface area (Å²) in [7, 11) is 2.11. The van der Waals surface area contributed by atoms with Crippen LogP contribution in [0.5, 0.6) is 0 Å². The van der Waals surface area contributed by atoms with Crippen molar-refractivity contribution in [2.24, 2.45) is 4.99 Å². The zero-order chi connectivity index (χ0) is 39.3. The highest BCUT2D eigenvalue weighted by atomic mass is 15.3. The van der Waals surface area contributed by atoms with Gasteiger partial charge in [-0.15, -0.1) is 0 Å². The van der Waals surface area contributed by atoms with Gasteiger partial charge in [0, 0.05) is 46.7 Å². The highest BCUT2D eigenvalue weighted by molar-refractivity contribution is 6.12. The average Bonchev–Trinajstić information content (AvgIpc) is 3.63. The minimum atomic E-state index is -0.0934. The van der Waals surface area contributed by atoms with Crippen LogP contribution in [-0.2, 0) is 0 Å². The van der Waals surface area contributed by atoms with E-state index in [1.54, 1.807) is 0 Å². The van der Waals surface area contributed by atoms with Gasteiger partial charge in [-0.05, 0) is 75.0 Å². The van der Waals surface area contributed by atoms with Crippen molar-refractivity contribution in [1.82, 2.24) is 9.47 Å². The SMILES string of the molecule is CN1C=C(N(c2cccc(-c3ccccc3-c3ccc4c5ccccc5n(-c5cccc6ccccc56)c4c3)c2)c2cccc3ccccc23)C=NC1c1ccccc1. The first kappa shape index (κ1) is 34.5. The van der Waals surface area contributed by atoms with Crippen molar-refractivity contribution in [3.63, 3.8) is 0 Å². The van der Waals surface area contributed by atoms with Gasteiger partial charge in [-0.1, -0.05) is 170 Å². The van der Waals surface area contributed by atoms with Gasteiger partial charge in [-0.2, -0.15) is 0 Å². The van der Waals surface area contributed by atoms with E-state index >= 15 is 0 Å². The molecule has 0 amide bonds. The van der Waals surface area contributed by atoms with Crippen LogP contribution in [0.4, 0.5) is 11.4 Å². The quantitative estimate of drug-likeness (QED) is 0.162. The van der Waals surface area contributed by atoms with E-state index in [1.807, 2.05) is 6.21 Å². The van der Waals surface area contributed by atoms with Gasteiger partial charge in [-0.25, -0.2) is 0 Å². The number of allylic oxidation sites excluding steroid dienone is 1. The van der Waals surface area contributed by atoms with Gasteiger partial charge < -0.3 is 14.4 Å². The molecule has 4 nitrogen and oxygen atoms in total. The molecular formula is C55H40N4. The van der Waals surface area contributed by atoms with Crippen molar-refractivity contribution < 1.29 is 0 Å². The van der Waals surface area contributed by atoms with Crippen LogP contribution in [0.2, 0.25) is 0 Å². The zero-order valence-electron chi connectivity index (χ0n) is 32.7. The van der Waals surface area contributed by atoms with Gasteiger partial charge in [0.1, 0.15) is 6.17 Å². The van der Waals surface area contributed by atoms with Crippen molar-refractivity contribution in [2.45, 2.75) is 6.17 Å². The molecule has 10 aromatic rings. The van der Waals surface area contributed by atoms with Crippen molar-refractivity contribution in [3.05, 3.63) is 224 Å². The molecule has 1 atom stereocenters. The second-order valence-electron chi connectivity index (χ2n) is 15.3. The van der Waals surface area contributed by atoms with Gasteiger partial charge in [0.2, 0.25) is 0 Å². The Balaban J connectivity index is 1.06. The van der Waals surface area contributed by atoms with Crippen LogP contribution >= 0.6 is 0 Å². The van der Waals surface area contributed by atoms with Crippen LogP contribution in [0, 0.1) is 0 Å². The third-order valence-electron chi connectivity index (χ3n) is 11.8. The summed E-state index contributed by atoms with van der Waals surface area (Å²) in [6, 6.07) is 74.4. The number of nitrogens with zero attached hydrogens (tertiary/aromatic N) is 4. The van der Waals surface area contributed by atoms with Crippen LogP contribution < -0.4 is 4.90 Å². The van der Waals surface area contributed by atoms with E-state index in [1.165, 1.54) is 65.7 Å². The molecule has 0 radical (unpaired) electrons. The maximum absolute atomic E-state index is 5.12. The minimum Gasteiger partial charge on any atom is -0.353 e. The van der Waals surface area contributed by atoms with E-state index in [-0.39, 0.29) is 6.17 Å². The predicted molar refractivity (Wildman–Crippen MR) is 249 cm³/mol. The molecule has 0 fully saturated rings. The van der Waals surface area contributed by atoms with Crippen LogP contribution in [0.1, 0.15) is 11.7 Å². The largest absolute Gasteiger partial charge is 0.353 e. The highest BCUT2D eigenvalue weighted by Gasteiger charge is 2.24. The van der Waals surface area contributed by atoms with Crippen molar-refractivity contribution >= 4 is 60.9 Å². The van der Waals surface area contributed by atoms with Crippen LogP contribution in [0.3, 0.4) is 0 Å². The number of anilines is 2. The maximum Gasteiger partial charge on any atom is 0.146 e. The Morgan fingerprint density at radius 1 is 0.475 bits per heavy atom. The molecule has 1 unspecified atom stereocenters. The molecule has 2 heterocycles. The Bertz CT molecular complexity index is 3250. The lowest BCUT2D eigenvalue weighted by Gasteiger charge is -2.33. The van der Waals surface area contributed by atoms with Crippen LogP contribution in [0.25, 0.3) is 71.3 Å². The van der Waals surface area contributed by atoms with Gasteiger partial charge in [0.15, 0.2) is 0 Å². The first-order chi connectivity index (χ1) is 29.2. The molecule has 1 aliphatic heterocycles. The molecule has 0 aliphatic carbocycles. The minimum absolute atomic E-state index is 0.0934. The molecule has 1 aliphatic rings. The van der Waals surface area contributed by atoms with Crippen molar-refractivity contribution in [2.75, 3.05) is 11.9 Å². The van der Waals surface area contributed by atoms with Crippen LogP contribution in [0.15, 0.2) is 223 Å². The highest BCUT2D eigenvalue weighted by Crippen LogP contribution is 2.42. The molecule has 0 spiro atoms. The normalized spacial score (nSPS) is 14.0. The number of rotatable bonds is 7. The fraction of sp³-hybridized carbons (Fsp3) is 0.0364. The number of aromatic nitrogens is 1. The van der Waals surface area contributed by atoms with Gasteiger partial charge in [0.05, 0.1) is 28.1 Å². The Hall–Kier alpha value is -7.69. The molecule has 280 valence electrons. The monoisotopic (exact) mass is 756 g/mol. The Kier molecular flexibility index (Phi) is 8.41. The number of para-hydroxylation sites is 1. The molecule has 1 aromatic heterocycles. The summed E-state index contributed by atoms with van der Waals surface area (Å²) in [6.07, 6.45) is 4.16.